The second kappa shape index (κ2) is 5.89. The lowest BCUT2D eigenvalue weighted by Crippen LogP contribution is -2.30. The van der Waals surface area contributed by atoms with Crippen LogP contribution in [-0.2, 0) is 6.54 Å². The van der Waals surface area contributed by atoms with Gasteiger partial charge in [0.05, 0.1) is 11.0 Å². The number of aryl methyl sites for hydroxylation is 1. The Morgan fingerprint density at radius 2 is 1.86 bits per heavy atom. The number of benzene rings is 2. The quantitative estimate of drug-likeness (QED) is 0.773. The summed E-state index contributed by atoms with van der Waals surface area (Å²) in [7, 11) is 0. The topological polar surface area (TPSA) is 66.9 Å². The zero-order valence-corrected chi connectivity index (χ0v) is 12.3. The molecule has 22 heavy (non-hydrogen) atoms. The van der Waals surface area contributed by atoms with Crippen LogP contribution in [0.25, 0.3) is 11.0 Å². The number of carbonyl (C=O) groups excluding carboxylic acids is 1. The number of carbonyl (C=O) groups is 1. The van der Waals surface area contributed by atoms with Crippen molar-refractivity contribution in [2.75, 3.05) is 6.54 Å². The summed E-state index contributed by atoms with van der Waals surface area (Å²) < 4.78 is 1.63. The number of rotatable bonds is 4. The van der Waals surface area contributed by atoms with Crippen LogP contribution in [0.15, 0.2) is 53.3 Å². The van der Waals surface area contributed by atoms with E-state index < -0.39 is 0 Å². The molecule has 2 N–H and O–H groups in total. The van der Waals surface area contributed by atoms with Crippen molar-refractivity contribution >= 4 is 16.9 Å². The van der Waals surface area contributed by atoms with E-state index >= 15 is 0 Å². The molecule has 0 fully saturated rings. The highest BCUT2D eigenvalue weighted by molar-refractivity contribution is 5.95. The Kier molecular flexibility index (Phi) is 3.78. The molecule has 2 aromatic carbocycles. The van der Waals surface area contributed by atoms with Crippen LogP contribution in [0.4, 0.5) is 0 Å². The third-order valence-corrected chi connectivity index (χ3v) is 3.69. The van der Waals surface area contributed by atoms with Crippen molar-refractivity contribution < 1.29 is 4.79 Å². The van der Waals surface area contributed by atoms with E-state index in [0.717, 1.165) is 16.6 Å². The maximum atomic E-state index is 12.1. The molecule has 1 heterocycles. The molecule has 0 saturated carbocycles. The molecular formula is C17H17N3O2. The van der Waals surface area contributed by atoms with Gasteiger partial charge in [-0.25, -0.2) is 4.79 Å². The summed E-state index contributed by atoms with van der Waals surface area (Å²) in [5, 5.41) is 2.86. The molecule has 0 aliphatic carbocycles. The molecule has 0 radical (unpaired) electrons. The molecule has 0 spiro atoms. The number of nitrogens with zero attached hydrogens (tertiary/aromatic N) is 1. The molecule has 1 aromatic heterocycles. The lowest BCUT2D eigenvalue weighted by atomic mass is 10.1. The van der Waals surface area contributed by atoms with Gasteiger partial charge in [-0.2, -0.15) is 0 Å². The molecule has 5 nitrogen and oxygen atoms in total. The predicted octanol–water partition coefficient (Wildman–Crippen LogP) is 2.07. The summed E-state index contributed by atoms with van der Waals surface area (Å²) in [5.41, 5.74) is 3.08. The molecule has 3 aromatic rings. The number of fused-ring (bicyclic) bond motifs is 1. The van der Waals surface area contributed by atoms with Crippen LogP contribution in [0, 0.1) is 6.92 Å². The van der Waals surface area contributed by atoms with Crippen LogP contribution < -0.4 is 11.0 Å². The number of imidazole rings is 1. The SMILES string of the molecule is Cc1ccccc1C(=O)NCCn1c(=O)[nH]c2ccccc21. The Labute approximate surface area is 127 Å². The van der Waals surface area contributed by atoms with E-state index in [9.17, 15) is 9.59 Å². The number of hydrogen-bond acceptors (Lipinski definition) is 2. The third kappa shape index (κ3) is 2.65. The van der Waals surface area contributed by atoms with Crippen molar-refractivity contribution in [2.24, 2.45) is 0 Å². The summed E-state index contributed by atoms with van der Waals surface area (Å²) >= 11 is 0. The summed E-state index contributed by atoms with van der Waals surface area (Å²) in [4.78, 5) is 26.9. The van der Waals surface area contributed by atoms with Gasteiger partial charge in [-0.1, -0.05) is 30.3 Å². The summed E-state index contributed by atoms with van der Waals surface area (Å²) in [6, 6.07) is 14.9. The van der Waals surface area contributed by atoms with Crippen LogP contribution in [0.5, 0.6) is 0 Å². The van der Waals surface area contributed by atoms with Crippen LogP contribution in [0.1, 0.15) is 15.9 Å². The first-order valence-electron chi connectivity index (χ1n) is 7.18. The van der Waals surface area contributed by atoms with E-state index in [-0.39, 0.29) is 11.6 Å². The molecule has 112 valence electrons. The zero-order chi connectivity index (χ0) is 15.5. The first kappa shape index (κ1) is 14.1. The molecule has 0 bridgehead atoms. The number of nitrogens with one attached hydrogen (secondary N) is 2. The van der Waals surface area contributed by atoms with Gasteiger partial charge in [0.2, 0.25) is 0 Å². The predicted molar refractivity (Wildman–Crippen MR) is 86.1 cm³/mol. The normalized spacial score (nSPS) is 10.8. The maximum absolute atomic E-state index is 12.1. The number of hydrogen-bond donors (Lipinski definition) is 2. The molecular weight excluding hydrogens is 278 g/mol. The zero-order valence-electron chi connectivity index (χ0n) is 12.3. The van der Waals surface area contributed by atoms with E-state index in [0.29, 0.717) is 18.7 Å². The van der Waals surface area contributed by atoms with Gasteiger partial charge < -0.3 is 10.3 Å². The molecule has 1 amide bonds. The third-order valence-electron chi connectivity index (χ3n) is 3.69. The molecule has 0 atom stereocenters. The van der Waals surface area contributed by atoms with Gasteiger partial charge in [0.15, 0.2) is 0 Å². The first-order chi connectivity index (χ1) is 10.7. The number of para-hydroxylation sites is 2. The van der Waals surface area contributed by atoms with Crippen LogP contribution in [0.2, 0.25) is 0 Å². The Morgan fingerprint density at radius 1 is 1.14 bits per heavy atom. The smallest absolute Gasteiger partial charge is 0.326 e. The molecule has 3 rings (SSSR count). The number of amides is 1. The van der Waals surface area contributed by atoms with E-state index in [4.69, 9.17) is 0 Å². The lowest BCUT2D eigenvalue weighted by Gasteiger charge is -2.08. The van der Waals surface area contributed by atoms with Gasteiger partial charge in [-0.15, -0.1) is 0 Å². The first-order valence-corrected chi connectivity index (χ1v) is 7.18. The minimum atomic E-state index is -0.161. The minimum absolute atomic E-state index is 0.119. The largest absolute Gasteiger partial charge is 0.350 e. The molecule has 0 aliphatic rings. The van der Waals surface area contributed by atoms with Crippen molar-refractivity contribution in [3.63, 3.8) is 0 Å². The average Bonchev–Trinajstić information content (AvgIpc) is 2.83. The molecule has 5 heteroatoms. The molecule has 0 unspecified atom stereocenters. The van der Waals surface area contributed by atoms with E-state index in [1.54, 1.807) is 10.6 Å². The van der Waals surface area contributed by atoms with Gasteiger partial charge in [0.1, 0.15) is 0 Å². The van der Waals surface area contributed by atoms with Gasteiger partial charge in [0, 0.05) is 18.7 Å². The fourth-order valence-corrected chi connectivity index (χ4v) is 2.53. The number of H-pyrrole nitrogens is 1. The van der Waals surface area contributed by atoms with E-state index in [2.05, 4.69) is 10.3 Å². The summed E-state index contributed by atoms with van der Waals surface area (Å²) in [6.07, 6.45) is 0. The summed E-state index contributed by atoms with van der Waals surface area (Å²) in [5.74, 6) is -0.119. The van der Waals surface area contributed by atoms with Gasteiger partial charge >= 0.3 is 5.69 Å². The Balaban J connectivity index is 1.70. The van der Waals surface area contributed by atoms with Gasteiger partial charge in [0.25, 0.3) is 5.91 Å². The Bertz CT molecular complexity index is 877. The minimum Gasteiger partial charge on any atom is -0.350 e. The van der Waals surface area contributed by atoms with Gasteiger partial charge in [-0.3, -0.25) is 9.36 Å². The Morgan fingerprint density at radius 3 is 2.68 bits per heavy atom. The second-order valence-corrected chi connectivity index (χ2v) is 5.17. The van der Waals surface area contributed by atoms with Crippen LogP contribution in [0.3, 0.4) is 0 Å². The monoisotopic (exact) mass is 295 g/mol. The van der Waals surface area contributed by atoms with Crippen molar-refractivity contribution in [2.45, 2.75) is 13.5 Å². The van der Waals surface area contributed by atoms with Crippen LogP contribution >= 0.6 is 0 Å². The highest BCUT2D eigenvalue weighted by atomic mass is 16.2. The lowest BCUT2D eigenvalue weighted by molar-refractivity contribution is 0.0951. The fourth-order valence-electron chi connectivity index (χ4n) is 2.53. The standard InChI is InChI=1S/C17H17N3O2/c1-12-6-2-3-7-13(12)16(21)18-10-11-20-15-9-5-4-8-14(15)19-17(20)22/h2-9H,10-11H2,1H3,(H,18,21)(H,19,22). The Hall–Kier alpha value is -2.82. The number of aromatic amines is 1. The van der Waals surface area contributed by atoms with Gasteiger partial charge in [-0.05, 0) is 30.7 Å². The molecule has 0 aliphatic heterocycles. The molecule has 0 saturated heterocycles. The highest BCUT2D eigenvalue weighted by Gasteiger charge is 2.09. The van der Waals surface area contributed by atoms with E-state index in [1.165, 1.54) is 0 Å². The van der Waals surface area contributed by atoms with Crippen molar-refractivity contribution in [1.82, 2.24) is 14.9 Å². The van der Waals surface area contributed by atoms with Crippen LogP contribution in [-0.4, -0.2) is 22.0 Å². The maximum Gasteiger partial charge on any atom is 0.326 e. The highest BCUT2D eigenvalue weighted by Crippen LogP contribution is 2.09. The number of aromatic nitrogens is 2. The fraction of sp³-hybridized carbons (Fsp3) is 0.176. The van der Waals surface area contributed by atoms with E-state index in [1.807, 2.05) is 49.4 Å². The van der Waals surface area contributed by atoms with Crippen molar-refractivity contribution in [1.29, 1.82) is 0 Å². The second-order valence-electron chi connectivity index (χ2n) is 5.17. The average molecular weight is 295 g/mol. The van der Waals surface area contributed by atoms with Crippen molar-refractivity contribution in [3.05, 3.63) is 70.1 Å². The van der Waals surface area contributed by atoms with Crippen molar-refractivity contribution in [3.8, 4) is 0 Å². The summed E-state index contributed by atoms with van der Waals surface area (Å²) in [6.45, 7) is 2.73.